The zero-order valence-corrected chi connectivity index (χ0v) is 19.6. The van der Waals surface area contributed by atoms with Crippen molar-refractivity contribution in [2.45, 2.75) is 44.3 Å². The number of nitrogens with one attached hydrogen (secondary N) is 2. The quantitative estimate of drug-likeness (QED) is 0.518. The summed E-state index contributed by atoms with van der Waals surface area (Å²) in [6.07, 6.45) is 3.54. The van der Waals surface area contributed by atoms with Crippen molar-refractivity contribution < 1.29 is 19.2 Å². The molecule has 1 aliphatic carbocycles. The maximum atomic E-state index is 12.9. The molecule has 2 unspecified atom stereocenters. The van der Waals surface area contributed by atoms with E-state index in [0.717, 1.165) is 29.5 Å². The van der Waals surface area contributed by atoms with Gasteiger partial charge in [-0.05, 0) is 66.3 Å². The van der Waals surface area contributed by atoms with Crippen molar-refractivity contribution in [2.75, 3.05) is 0 Å². The van der Waals surface area contributed by atoms with Crippen LogP contribution in [0.1, 0.15) is 68.4 Å². The Morgan fingerprint density at radius 3 is 2.76 bits per heavy atom. The fourth-order valence-corrected chi connectivity index (χ4v) is 5.27. The number of aryl methyl sites for hydroxylation is 1. The summed E-state index contributed by atoms with van der Waals surface area (Å²) in [6.45, 7) is 0.241. The average Bonchev–Trinajstić information content (AvgIpc) is 3.62. The van der Waals surface area contributed by atoms with Crippen molar-refractivity contribution in [1.82, 2.24) is 30.5 Å². The summed E-state index contributed by atoms with van der Waals surface area (Å²) in [5.41, 5.74) is 4.67. The molecule has 2 N–H and O–H groups in total. The largest absolute Gasteiger partial charge is 0.344 e. The first-order valence-corrected chi connectivity index (χ1v) is 12.0. The third-order valence-electron chi connectivity index (χ3n) is 7.15. The first-order chi connectivity index (χ1) is 17.9. The van der Waals surface area contributed by atoms with Crippen molar-refractivity contribution >= 4 is 23.6 Å². The molecule has 2 atom stereocenters. The second-order valence-electron chi connectivity index (χ2n) is 9.38. The Morgan fingerprint density at radius 1 is 1.08 bits per heavy atom. The highest BCUT2D eigenvalue weighted by molar-refractivity contribution is 6.05. The summed E-state index contributed by atoms with van der Waals surface area (Å²) in [7, 11) is 0. The Balaban J connectivity index is 1.17. The van der Waals surface area contributed by atoms with Gasteiger partial charge in [-0.3, -0.25) is 24.5 Å². The molecule has 3 aromatic rings. The van der Waals surface area contributed by atoms with Gasteiger partial charge >= 0.3 is 0 Å². The van der Waals surface area contributed by atoms with Crippen LogP contribution in [0.5, 0.6) is 0 Å². The van der Waals surface area contributed by atoms with Gasteiger partial charge in [-0.1, -0.05) is 11.3 Å². The van der Waals surface area contributed by atoms with Crippen molar-refractivity contribution in [3.8, 4) is 11.8 Å². The minimum absolute atomic E-state index is 0.156. The molecule has 11 heteroatoms. The van der Waals surface area contributed by atoms with Crippen LogP contribution >= 0.6 is 0 Å². The van der Waals surface area contributed by atoms with Gasteiger partial charge in [0.05, 0.1) is 29.6 Å². The summed E-state index contributed by atoms with van der Waals surface area (Å²) in [4.78, 5) is 51.0. The predicted molar refractivity (Wildman–Crippen MR) is 127 cm³/mol. The van der Waals surface area contributed by atoms with Gasteiger partial charge in [-0.15, -0.1) is 5.10 Å². The fourth-order valence-electron chi connectivity index (χ4n) is 5.27. The lowest BCUT2D eigenvalue weighted by Gasteiger charge is -2.29. The third-order valence-corrected chi connectivity index (χ3v) is 7.15. The molecule has 1 aromatic heterocycles. The van der Waals surface area contributed by atoms with E-state index in [1.165, 1.54) is 15.8 Å². The molecule has 2 aromatic carbocycles. The van der Waals surface area contributed by atoms with Crippen LogP contribution in [0.25, 0.3) is 5.69 Å². The summed E-state index contributed by atoms with van der Waals surface area (Å²) in [6, 6.07) is 11.9. The first kappa shape index (κ1) is 22.6. The number of nitriles is 1. The van der Waals surface area contributed by atoms with Crippen LogP contribution in [-0.2, 0) is 22.6 Å². The topological polar surface area (TPSA) is 150 Å². The van der Waals surface area contributed by atoms with E-state index in [4.69, 9.17) is 5.26 Å². The van der Waals surface area contributed by atoms with Gasteiger partial charge < -0.3 is 10.2 Å². The normalized spacial score (nSPS) is 20.3. The first-order valence-electron chi connectivity index (χ1n) is 12.0. The van der Waals surface area contributed by atoms with E-state index in [9.17, 15) is 19.2 Å². The Labute approximate surface area is 211 Å². The zero-order valence-electron chi connectivity index (χ0n) is 19.6. The molecule has 2 aliphatic heterocycles. The van der Waals surface area contributed by atoms with E-state index < -0.39 is 11.9 Å². The standard InChI is InChI=1S/C26H21N7O4/c27-11-14-1-4-18-15(9-14)2-6-20(18)28-24(35)21-13-33(31-30-21)17-3-5-19-16(10-17)12-32(26(19)37)22-7-8-23(34)29-25(22)36/h1,3-5,9-10,13,20,22H,2,6-8,12H2,(H,28,35)(H,29,34,36). The lowest BCUT2D eigenvalue weighted by atomic mass is 10.0. The van der Waals surface area contributed by atoms with Gasteiger partial charge in [0.1, 0.15) is 6.04 Å². The van der Waals surface area contributed by atoms with Gasteiger partial charge in [0, 0.05) is 18.5 Å². The predicted octanol–water partition coefficient (Wildman–Crippen LogP) is 1.32. The van der Waals surface area contributed by atoms with Crippen LogP contribution < -0.4 is 10.6 Å². The zero-order chi connectivity index (χ0) is 25.7. The van der Waals surface area contributed by atoms with Crippen molar-refractivity contribution in [1.29, 1.82) is 5.26 Å². The number of amides is 4. The molecule has 6 rings (SSSR count). The van der Waals surface area contributed by atoms with Crippen molar-refractivity contribution in [2.24, 2.45) is 0 Å². The van der Waals surface area contributed by atoms with Crippen LogP contribution in [-0.4, -0.2) is 49.6 Å². The minimum atomic E-state index is -0.685. The number of fused-ring (bicyclic) bond motifs is 2. The highest BCUT2D eigenvalue weighted by atomic mass is 16.2. The van der Waals surface area contributed by atoms with Gasteiger partial charge in [0.25, 0.3) is 11.8 Å². The summed E-state index contributed by atoms with van der Waals surface area (Å²) >= 11 is 0. The van der Waals surface area contributed by atoms with Crippen molar-refractivity contribution in [3.05, 3.63) is 76.1 Å². The molecule has 37 heavy (non-hydrogen) atoms. The molecule has 184 valence electrons. The van der Waals surface area contributed by atoms with Gasteiger partial charge in [0.15, 0.2) is 5.69 Å². The van der Waals surface area contributed by atoms with Crippen LogP contribution in [0, 0.1) is 11.3 Å². The summed E-state index contributed by atoms with van der Waals surface area (Å²) in [5.74, 6) is -1.40. The number of nitrogens with zero attached hydrogens (tertiary/aromatic N) is 5. The average molecular weight is 495 g/mol. The van der Waals surface area contributed by atoms with E-state index >= 15 is 0 Å². The number of carbonyl (C=O) groups excluding carboxylic acids is 4. The number of rotatable bonds is 4. The highest BCUT2D eigenvalue weighted by Crippen LogP contribution is 2.32. The number of aromatic nitrogens is 3. The lowest BCUT2D eigenvalue weighted by Crippen LogP contribution is -2.52. The molecule has 0 radical (unpaired) electrons. The second-order valence-corrected chi connectivity index (χ2v) is 9.38. The van der Waals surface area contributed by atoms with E-state index in [0.29, 0.717) is 23.2 Å². The summed E-state index contributed by atoms with van der Waals surface area (Å²) in [5, 5.41) is 22.5. The van der Waals surface area contributed by atoms with Crippen molar-refractivity contribution in [3.63, 3.8) is 0 Å². The molecule has 0 spiro atoms. The second kappa shape index (κ2) is 8.67. The Bertz CT molecular complexity index is 1540. The molecule has 3 heterocycles. The number of hydrogen-bond donors (Lipinski definition) is 2. The molecule has 11 nitrogen and oxygen atoms in total. The maximum Gasteiger partial charge on any atom is 0.273 e. The minimum Gasteiger partial charge on any atom is -0.344 e. The van der Waals surface area contributed by atoms with E-state index in [2.05, 4.69) is 27.0 Å². The molecule has 1 fully saturated rings. The monoisotopic (exact) mass is 495 g/mol. The van der Waals surface area contributed by atoms with Gasteiger partial charge in [0.2, 0.25) is 11.8 Å². The smallest absolute Gasteiger partial charge is 0.273 e. The number of piperidine rings is 1. The number of imide groups is 1. The Morgan fingerprint density at radius 2 is 1.95 bits per heavy atom. The molecular weight excluding hydrogens is 474 g/mol. The number of hydrogen-bond acceptors (Lipinski definition) is 7. The maximum absolute atomic E-state index is 12.9. The number of carbonyl (C=O) groups is 4. The Hall–Kier alpha value is -4.85. The molecular formula is C26H21N7O4. The van der Waals surface area contributed by atoms with Crippen LogP contribution in [0.4, 0.5) is 0 Å². The van der Waals surface area contributed by atoms with Crippen LogP contribution in [0.3, 0.4) is 0 Å². The van der Waals surface area contributed by atoms with E-state index in [1.807, 2.05) is 12.1 Å². The third kappa shape index (κ3) is 3.92. The summed E-state index contributed by atoms with van der Waals surface area (Å²) < 4.78 is 1.47. The molecule has 0 saturated carbocycles. The van der Waals surface area contributed by atoms with Gasteiger partial charge in [-0.25, -0.2) is 4.68 Å². The molecule has 0 bridgehead atoms. The molecule has 4 amide bonds. The van der Waals surface area contributed by atoms with E-state index in [-0.39, 0.29) is 42.4 Å². The fraction of sp³-hybridized carbons (Fsp3) is 0.269. The highest BCUT2D eigenvalue weighted by Gasteiger charge is 2.39. The van der Waals surface area contributed by atoms with E-state index in [1.54, 1.807) is 24.3 Å². The van der Waals surface area contributed by atoms with Gasteiger partial charge in [-0.2, -0.15) is 5.26 Å². The van der Waals surface area contributed by atoms with Crippen LogP contribution in [0.15, 0.2) is 42.6 Å². The lowest BCUT2D eigenvalue weighted by molar-refractivity contribution is -0.136. The molecule has 1 saturated heterocycles. The molecule has 3 aliphatic rings. The Kier molecular flexibility index (Phi) is 5.30. The number of benzene rings is 2. The SMILES string of the molecule is N#Cc1ccc2c(c1)CCC2NC(=O)c1cn(-c2ccc3c(c2)CN(C2CCC(=O)NC2=O)C3=O)nn1. The van der Waals surface area contributed by atoms with Crippen LogP contribution in [0.2, 0.25) is 0 Å².